The minimum atomic E-state index is -4.91. The van der Waals surface area contributed by atoms with E-state index in [1.807, 2.05) is 12.1 Å². The van der Waals surface area contributed by atoms with Gasteiger partial charge in [-0.15, -0.1) is 0 Å². The highest BCUT2D eigenvalue weighted by Crippen LogP contribution is 2.44. The van der Waals surface area contributed by atoms with E-state index in [-0.39, 0.29) is 12.0 Å². The molecule has 1 aliphatic rings. The standard InChI is InChI=1S/C27H24F7NO3/c1-37-18-7-2-5-16(13-18)20-9-4-10-23-21(20)11-12-22(35(23)15-24(36)26(30,31)32)17-6-3-8-19(14-17)38-27(33,34)25(28)29/h2-10,13-14,22,24-25,36H,11-12,15H2,1H3/t22-,24-/m1/s1. The van der Waals surface area contributed by atoms with E-state index in [1.54, 1.807) is 30.3 Å². The molecule has 0 aliphatic carbocycles. The van der Waals surface area contributed by atoms with E-state index in [2.05, 4.69) is 4.74 Å². The van der Waals surface area contributed by atoms with Gasteiger partial charge in [0.2, 0.25) is 0 Å². The van der Waals surface area contributed by atoms with E-state index in [0.717, 1.165) is 28.8 Å². The van der Waals surface area contributed by atoms with Crippen molar-refractivity contribution in [3.05, 3.63) is 77.9 Å². The van der Waals surface area contributed by atoms with Crippen LogP contribution in [0.3, 0.4) is 0 Å². The molecule has 0 spiro atoms. The van der Waals surface area contributed by atoms with Gasteiger partial charge in [-0.3, -0.25) is 0 Å². The lowest BCUT2D eigenvalue weighted by atomic mass is 9.86. The lowest BCUT2D eigenvalue weighted by Gasteiger charge is -2.41. The Balaban J connectivity index is 1.76. The van der Waals surface area contributed by atoms with Gasteiger partial charge in [-0.2, -0.15) is 30.7 Å². The Bertz CT molecular complexity index is 1270. The Labute approximate surface area is 214 Å². The molecular formula is C27H24F7NO3. The van der Waals surface area contributed by atoms with Crippen LogP contribution in [0.1, 0.15) is 23.6 Å². The van der Waals surface area contributed by atoms with Crippen LogP contribution in [0.15, 0.2) is 66.7 Å². The number of rotatable bonds is 8. The number of anilines is 1. The number of methoxy groups -OCH3 is 1. The molecule has 0 aromatic heterocycles. The maximum Gasteiger partial charge on any atom is 0.461 e. The highest BCUT2D eigenvalue weighted by molar-refractivity contribution is 5.76. The van der Waals surface area contributed by atoms with Crippen LogP contribution in [0.25, 0.3) is 11.1 Å². The fourth-order valence-electron chi connectivity index (χ4n) is 4.62. The van der Waals surface area contributed by atoms with Crippen LogP contribution in [-0.4, -0.2) is 43.6 Å². The number of β-amino-alcohol motifs (C(OH)–C–C–N with tert-alkyl or cyclic N) is 1. The van der Waals surface area contributed by atoms with Gasteiger partial charge in [0.1, 0.15) is 11.5 Å². The van der Waals surface area contributed by atoms with E-state index >= 15 is 0 Å². The van der Waals surface area contributed by atoms with E-state index in [1.165, 1.54) is 24.1 Å². The smallest absolute Gasteiger partial charge is 0.461 e. The van der Waals surface area contributed by atoms with Crippen LogP contribution in [0, 0.1) is 0 Å². The lowest BCUT2D eigenvalue weighted by molar-refractivity contribution is -0.253. The van der Waals surface area contributed by atoms with Crippen molar-refractivity contribution in [1.29, 1.82) is 0 Å². The van der Waals surface area contributed by atoms with Crippen molar-refractivity contribution in [1.82, 2.24) is 0 Å². The highest BCUT2D eigenvalue weighted by Gasteiger charge is 2.44. The third kappa shape index (κ3) is 5.82. The molecule has 0 fully saturated rings. The van der Waals surface area contributed by atoms with Crippen LogP contribution in [-0.2, 0) is 6.42 Å². The number of aliphatic hydroxyl groups is 1. The van der Waals surface area contributed by atoms with Gasteiger partial charge in [0.15, 0.2) is 6.10 Å². The summed E-state index contributed by atoms with van der Waals surface area (Å²) in [5, 5.41) is 9.96. The third-order valence-corrected chi connectivity index (χ3v) is 6.38. The number of ether oxygens (including phenoxy) is 2. The molecule has 1 heterocycles. The molecule has 4 rings (SSSR count). The zero-order valence-corrected chi connectivity index (χ0v) is 20.1. The number of alkyl halides is 7. The Morgan fingerprint density at radius 3 is 2.32 bits per heavy atom. The molecule has 1 aliphatic heterocycles. The summed E-state index contributed by atoms with van der Waals surface area (Å²) < 4.78 is 102. The van der Waals surface area contributed by atoms with Gasteiger partial charge in [0.05, 0.1) is 19.7 Å². The second-order valence-corrected chi connectivity index (χ2v) is 8.84. The first-order valence-electron chi connectivity index (χ1n) is 11.6. The molecule has 0 saturated heterocycles. The first kappa shape index (κ1) is 27.6. The molecule has 3 aromatic carbocycles. The Hall–Kier alpha value is -3.47. The number of hydrogen-bond donors (Lipinski definition) is 1. The van der Waals surface area contributed by atoms with Crippen LogP contribution in [0.5, 0.6) is 11.5 Å². The summed E-state index contributed by atoms with van der Waals surface area (Å²) in [5.41, 5.74) is 2.98. The summed E-state index contributed by atoms with van der Waals surface area (Å²) in [7, 11) is 1.51. The maximum absolute atomic E-state index is 13.5. The van der Waals surface area contributed by atoms with Crippen molar-refractivity contribution in [2.45, 2.75) is 43.7 Å². The molecule has 1 N–H and O–H groups in total. The fourth-order valence-corrected chi connectivity index (χ4v) is 4.62. The Morgan fingerprint density at radius 1 is 0.947 bits per heavy atom. The first-order chi connectivity index (χ1) is 17.9. The molecule has 3 aromatic rings. The van der Waals surface area contributed by atoms with Gasteiger partial charge in [0, 0.05) is 5.69 Å². The quantitative estimate of drug-likeness (QED) is 0.310. The predicted octanol–water partition coefficient (Wildman–Crippen LogP) is 7.02. The van der Waals surface area contributed by atoms with Gasteiger partial charge in [-0.1, -0.05) is 36.4 Å². The van der Waals surface area contributed by atoms with Crippen molar-refractivity contribution in [2.24, 2.45) is 0 Å². The molecule has 0 radical (unpaired) electrons. The summed E-state index contributed by atoms with van der Waals surface area (Å²) in [6.07, 6.45) is -15.7. The molecule has 204 valence electrons. The molecule has 2 atom stereocenters. The SMILES string of the molecule is COc1cccc(-c2cccc3c2CC[C@H](c2cccc(OC(F)(F)C(F)F)c2)N3C[C@@H](O)C(F)(F)F)c1. The van der Waals surface area contributed by atoms with Gasteiger partial charge in [-0.25, -0.2) is 0 Å². The number of fused-ring (bicyclic) bond motifs is 1. The summed E-state index contributed by atoms with van der Waals surface area (Å²) in [5.74, 6) is 0.0376. The second-order valence-electron chi connectivity index (χ2n) is 8.84. The first-order valence-corrected chi connectivity index (χ1v) is 11.6. The molecule has 0 bridgehead atoms. The normalized spacial score (nSPS) is 16.8. The molecule has 38 heavy (non-hydrogen) atoms. The predicted molar refractivity (Wildman–Crippen MR) is 127 cm³/mol. The van der Waals surface area contributed by atoms with E-state index in [9.17, 15) is 35.8 Å². The summed E-state index contributed by atoms with van der Waals surface area (Å²) in [4.78, 5) is 1.37. The van der Waals surface area contributed by atoms with Crippen LogP contribution < -0.4 is 14.4 Å². The zero-order chi connectivity index (χ0) is 27.7. The van der Waals surface area contributed by atoms with Crippen molar-refractivity contribution < 1.29 is 45.3 Å². The van der Waals surface area contributed by atoms with Gasteiger partial charge in [-0.05, 0) is 65.4 Å². The maximum atomic E-state index is 13.5. The molecule has 0 saturated carbocycles. The van der Waals surface area contributed by atoms with Gasteiger partial charge in [0.25, 0.3) is 0 Å². The van der Waals surface area contributed by atoms with E-state index < -0.39 is 43.2 Å². The van der Waals surface area contributed by atoms with Crippen molar-refractivity contribution in [3.8, 4) is 22.6 Å². The van der Waals surface area contributed by atoms with Gasteiger partial charge >= 0.3 is 18.7 Å². The van der Waals surface area contributed by atoms with Crippen LogP contribution in [0.4, 0.5) is 36.4 Å². The number of aliphatic hydroxyl groups excluding tert-OH is 1. The molecule has 4 nitrogen and oxygen atoms in total. The molecular weight excluding hydrogens is 519 g/mol. The fraction of sp³-hybridized carbons (Fsp3) is 0.333. The van der Waals surface area contributed by atoms with Crippen LogP contribution >= 0.6 is 0 Å². The average molecular weight is 543 g/mol. The monoisotopic (exact) mass is 543 g/mol. The average Bonchev–Trinajstić information content (AvgIpc) is 2.87. The number of halogens is 7. The lowest BCUT2D eigenvalue weighted by Crippen LogP contribution is -2.44. The second kappa shape index (κ2) is 10.7. The minimum absolute atomic E-state index is 0.257. The van der Waals surface area contributed by atoms with E-state index in [0.29, 0.717) is 17.9 Å². The highest BCUT2D eigenvalue weighted by atomic mass is 19.4. The van der Waals surface area contributed by atoms with E-state index in [4.69, 9.17) is 4.74 Å². The number of hydrogen-bond acceptors (Lipinski definition) is 4. The number of nitrogens with zero attached hydrogens (tertiary/aromatic N) is 1. The Morgan fingerprint density at radius 2 is 1.63 bits per heavy atom. The molecule has 11 heteroatoms. The van der Waals surface area contributed by atoms with Crippen molar-refractivity contribution >= 4 is 5.69 Å². The van der Waals surface area contributed by atoms with Gasteiger partial charge < -0.3 is 19.5 Å². The third-order valence-electron chi connectivity index (χ3n) is 6.38. The largest absolute Gasteiger partial charge is 0.497 e. The van der Waals surface area contributed by atoms with Crippen molar-refractivity contribution in [3.63, 3.8) is 0 Å². The topological polar surface area (TPSA) is 41.9 Å². The molecule has 0 amide bonds. The summed E-state index contributed by atoms with van der Waals surface area (Å²) >= 11 is 0. The minimum Gasteiger partial charge on any atom is -0.497 e. The van der Waals surface area contributed by atoms with Crippen molar-refractivity contribution in [2.75, 3.05) is 18.6 Å². The Kier molecular flexibility index (Phi) is 7.78. The number of benzene rings is 3. The van der Waals surface area contributed by atoms with Crippen LogP contribution in [0.2, 0.25) is 0 Å². The zero-order valence-electron chi connectivity index (χ0n) is 20.1. The summed E-state index contributed by atoms with van der Waals surface area (Å²) in [6.45, 7) is -0.832. The molecule has 0 unspecified atom stereocenters. The summed E-state index contributed by atoms with van der Waals surface area (Å²) in [6, 6.07) is 16.5.